The molecule has 1 aromatic carbocycles. The average molecular weight is 306 g/mol. The Morgan fingerprint density at radius 1 is 1.26 bits per heavy atom. The highest BCUT2D eigenvalue weighted by molar-refractivity contribution is 7.89. The van der Waals surface area contributed by atoms with E-state index in [1.165, 1.54) is 0 Å². The molecule has 108 valence electrons. The summed E-state index contributed by atoms with van der Waals surface area (Å²) in [6, 6.07) is 6.67. The Balaban J connectivity index is 2.49. The van der Waals surface area contributed by atoms with Crippen molar-refractivity contribution in [3.63, 3.8) is 0 Å². The van der Waals surface area contributed by atoms with Crippen LogP contribution in [0.2, 0.25) is 5.02 Å². The van der Waals surface area contributed by atoms with Crippen LogP contribution in [0.15, 0.2) is 24.3 Å². The lowest BCUT2D eigenvalue weighted by Gasteiger charge is -2.13. The van der Waals surface area contributed by atoms with E-state index in [4.69, 9.17) is 11.6 Å². The fourth-order valence-corrected chi connectivity index (χ4v) is 2.94. The van der Waals surface area contributed by atoms with E-state index in [1.54, 1.807) is 24.3 Å². The van der Waals surface area contributed by atoms with Gasteiger partial charge < -0.3 is 5.11 Å². The smallest absolute Gasteiger partial charge is 0.211 e. The van der Waals surface area contributed by atoms with Crippen LogP contribution >= 0.6 is 11.6 Å². The van der Waals surface area contributed by atoms with Gasteiger partial charge in [-0.25, -0.2) is 13.1 Å². The van der Waals surface area contributed by atoms with Gasteiger partial charge in [0, 0.05) is 11.6 Å². The van der Waals surface area contributed by atoms with Crippen molar-refractivity contribution in [2.45, 2.75) is 26.4 Å². The molecule has 1 unspecified atom stereocenters. The Morgan fingerprint density at radius 2 is 1.84 bits per heavy atom. The van der Waals surface area contributed by atoms with Crippen LogP contribution in [0.1, 0.15) is 31.9 Å². The molecular weight excluding hydrogens is 286 g/mol. The number of rotatable bonds is 7. The standard InChI is InChI=1S/C13H20ClNO3S/c1-10(2)7-8-19(17,18)15-9-13(16)11-3-5-12(14)6-4-11/h3-6,10,13,15-16H,7-9H2,1-2H3. The largest absolute Gasteiger partial charge is 0.387 e. The number of hydrogen-bond acceptors (Lipinski definition) is 3. The molecule has 0 aromatic heterocycles. The summed E-state index contributed by atoms with van der Waals surface area (Å²) in [6.45, 7) is 3.91. The monoisotopic (exact) mass is 305 g/mol. The normalized spacial score (nSPS) is 13.7. The van der Waals surface area contributed by atoms with Crippen molar-refractivity contribution < 1.29 is 13.5 Å². The summed E-state index contributed by atoms with van der Waals surface area (Å²) in [6.07, 6.45) is -0.266. The zero-order valence-electron chi connectivity index (χ0n) is 11.1. The van der Waals surface area contributed by atoms with Gasteiger partial charge >= 0.3 is 0 Å². The average Bonchev–Trinajstić information content (AvgIpc) is 2.35. The van der Waals surface area contributed by atoms with E-state index in [-0.39, 0.29) is 12.3 Å². The molecule has 0 spiro atoms. The third-order valence-electron chi connectivity index (χ3n) is 2.72. The maximum Gasteiger partial charge on any atom is 0.211 e. The lowest BCUT2D eigenvalue weighted by molar-refractivity contribution is 0.182. The van der Waals surface area contributed by atoms with E-state index < -0.39 is 16.1 Å². The van der Waals surface area contributed by atoms with E-state index in [0.717, 1.165) is 0 Å². The van der Waals surface area contributed by atoms with E-state index in [9.17, 15) is 13.5 Å². The second-order valence-electron chi connectivity index (χ2n) is 4.92. The molecule has 0 fully saturated rings. The summed E-state index contributed by atoms with van der Waals surface area (Å²) in [5.41, 5.74) is 0.635. The minimum Gasteiger partial charge on any atom is -0.387 e. The molecule has 0 heterocycles. The van der Waals surface area contributed by atoms with Crippen LogP contribution in [0.5, 0.6) is 0 Å². The Kier molecular flexibility index (Phi) is 6.26. The van der Waals surface area contributed by atoms with Gasteiger partial charge in [0.05, 0.1) is 11.9 Å². The van der Waals surface area contributed by atoms with E-state index in [0.29, 0.717) is 22.9 Å². The predicted octanol–water partition coefficient (Wildman–Crippen LogP) is 2.34. The molecule has 0 saturated heterocycles. The van der Waals surface area contributed by atoms with Crippen molar-refractivity contribution in [1.29, 1.82) is 0 Å². The summed E-state index contributed by atoms with van der Waals surface area (Å²) >= 11 is 5.74. The first-order chi connectivity index (χ1) is 8.80. The number of hydrogen-bond donors (Lipinski definition) is 2. The van der Waals surface area contributed by atoms with Crippen molar-refractivity contribution in [1.82, 2.24) is 4.72 Å². The first-order valence-corrected chi connectivity index (χ1v) is 8.24. The molecule has 2 N–H and O–H groups in total. The molecule has 0 amide bonds. The molecule has 0 radical (unpaired) electrons. The highest BCUT2D eigenvalue weighted by Gasteiger charge is 2.14. The van der Waals surface area contributed by atoms with Gasteiger partial charge in [0.2, 0.25) is 10.0 Å². The van der Waals surface area contributed by atoms with Gasteiger partial charge in [-0.1, -0.05) is 37.6 Å². The van der Waals surface area contributed by atoms with Gasteiger partial charge in [-0.2, -0.15) is 0 Å². The molecule has 6 heteroatoms. The first kappa shape index (κ1) is 16.4. The van der Waals surface area contributed by atoms with Crippen LogP contribution < -0.4 is 4.72 Å². The topological polar surface area (TPSA) is 66.4 Å². The lowest BCUT2D eigenvalue weighted by Crippen LogP contribution is -2.31. The van der Waals surface area contributed by atoms with Crippen LogP contribution in [0.3, 0.4) is 0 Å². The van der Waals surface area contributed by atoms with Crippen molar-refractivity contribution in [3.8, 4) is 0 Å². The van der Waals surface area contributed by atoms with Crippen LogP contribution in [-0.4, -0.2) is 25.8 Å². The van der Waals surface area contributed by atoms with Gasteiger partial charge in [0.15, 0.2) is 0 Å². The molecule has 0 aliphatic rings. The molecule has 0 bridgehead atoms. The molecule has 1 atom stereocenters. The Labute approximate surface area is 119 Å². The van der Waals surface area contributed by atoms with Crippen molar-refractivity contribution in [3.05, 3.63) is 34.9 Å². The summed E-state index contributed by atoms with van der Waals surface area (Å²) in [5.74, 6) is 0.413. The quantitative estimate of drug-likeness (QED) is 0.812. The second kappa shape index (κ2) is 7.24. The minimum atomic E-state index is -3.32. The molecule has 0 aliphatic carbocycles. The third kappa shape index (κ3) is 6.38. The van der Waals surface area contributed by atoms with Crippen LogP contribution in [0.25, 0.3) is 0 Å². The number of benzene rings is 1. The Hall–Kier alpha value is -0.620. The number of nitrogens with one attached hydrogen (secondary N) is 1. The lowest BCUT2D eigenvalue weighted by atomic mass is 10.1. The zero-order chi connectivity index (χ0) is 14.5. The first-order valence-electron chi connectivity index (χ1n) is 6.21. The minimum absolute atomic E-state index is 0.0257. The Morgan fingerprint density at radius 3 is 2.37 bits per heavy atom. The summed E-state index contributed by atoms with van der Waals surface area (Å²) < 4.78 is 25.8. The predicted molar refractivity (Wildman–Crippen MR) is 77.7 cm³/mol. The fraction of sp³-hybridized carbons (Fsp3) is 0.538. The number of halogens is 1. The van der Waals surface area contributed by atoms with E-state index in [2.05, 4.69) is 4.72 Å². The number of sulfonamides is 1. The van der Waals surface area contributed by atoms with Crippen LogP contribution in [-0.2, 0) is 10.0 Å². The van der Waals surface area contributed by atoms with E-state index >= 15 is 0 Å². The molecule has 1 rings (SSSR count). The third-order valence-corrected chi connectivity index (χ3v) is 4.35. The highest BCUT2D eigenvalue weighted by Crippen LogP contribution is 2.16. The summed E-state index contributed by atoms with van der Waals surface area (Å²) in [5, 5.41) is 10.5. The number of aliphatic hydroxyl groups is 1. The molecule has 0 aliphatic heterocycles. The number of aliphatic hydroxyl groups excluding tert-OH is 1. The van der Waals surface area contributed by atoms with E-state index in [1.807, 2.05) is 13.8 Å². The molecular formula is C13H20ClNO3S. The van der Waals surface area contributed by atoms with Gasteiger partial charge in [0.25, 0.3) is 0 Å². The Bertz CT molecular complexity index is 485. The zero-order valence-corrected chi connectivity index (χ0v) is 12.7. The van der Waals surface area contributed by atoms with Crippen molar-refractivity contribution in [2.24, 2.45) is 5.92 Å². The fourth-order valence-electron chi connectivity index (χ4n) is 1.47. The molecule has 19 heavy (non-hydrogen) atoms. The highest BCUT2D eigenvalue weighted by atomic mass is 35.5. The van der Waals surface area contributed by atoms with Gasteiger partial charge in [-0.15, -0.1) is 0 Å². The van der Waals surface area contributed by atoms with Gasteiger partial charge in [0.1, 0.15) is 0 Å². The van der Waals surface area contributed by atoms with Crippen LogP contribution in [0, 0.1) is 5.92 Å². The molecule has 1 aromatic rings. The molecule has 0 saturated carbocycles. The van der Waals surface area contributed by atoms with Crippen molar-refractivity contribution >= 4 is 21.6 Å². The summed E-state index contributed by atoms with van der Waals surface area (Å²) in [7, 11) is -3.32. The van der Waals surface area contributed by atoms with Gasteiger partial charge in [-0.3, -0.25) is 0 Å². The van der Waals surface area contributed by atoms with Crippen molar-refractivity contribution in [2.75, 3.05) is 12.3 Å². The summed E-state index contributed by atoms with van der Waals surface area (Å²) in [4.78, 5) is 0. The molecule has 4 nitrogen and oxygen atoms in total. The van der Waals surface area contributed by atoms with Crippen LogP contribution in [0.4, 0.5) is 0 Å². The maximum atomic E-state index is 11.7. The maximum absolute atomic E-state index is 11.7. The SMILES string of the molecule is CC(C)CCS(=O)(=O)NCC(O)c1ccc(Cl)cc1. The second-order valence-corrected chi connectivity index (χ2v) is 7.28. The van der Waals surface area contributed by atoms with Gasteiger partial charge in [-0.05, 0) is 30.0 Å².